The molecule has 13 heteroatoms. The zero-order valence-corrected chi connectivity index (χ0v) is 20.6. The number of nitrogens with one attached hydrogen (secondary N) is 3. The van der Waals surface area contributed by atoms with E-state index in [0.717, 1.165) is 0 Å². The minimum Gasteiger partial charge on any atom is -0.508 e. The number of hydrogen-bond donors (Lipinski definition) is 8. The molecule has 0 fully saturated rings. The molecule has 0 aliphatic carbocycles. The maximum Gasteiger partial charge on any atom is 0.326 e. The first-order valence-electron chi connectivity index (χ1n) is 10.9. The van der Waals surface area contributed by atoms with E-state index >= 15 is 0 Å². The molecule has 3 amide bonds. The summed E-state index contributed by atoms with van der Waals surface area (Å²) in [6.07, 6.45) is -0.677. The largest absolute Gasteiger partial charge is 0.508 e. The van der Waals surface area contributed by atoms with Crippen LogP contribution in [0, 0.1) is 0 Å². The number of benzene rings is 1. The number of carbonyl (C=O) groups excluding carboxylic acids is 3. The van der Waals surface area contributed by atoms with Crippen molar-refractivity contribution in [3.8, 4) is 5.75 Å². The summed E-state index contributed by atoms with van der Waals surface area (Å²) in [7, 11) is 0. The number of aliphatic carboxylic acids is 1. The van der Waals surface area contributed by atoms with Crippen molar-refractivity contribution in [3.63, 3.8) is 0 Å². The Morgan fingerprint density at radius 1 is 0.914 bits per heavy atom. The second-order valence-corrected chi connectivity index (χ2v) is 9.09. The average Bonchev–Trinajstić information content (AvgIpc) is 2.79. The number of aromatic hydroxyl groups is 1. The van der Waals surface area contributed by atoms with E-state index in [9.17, 15) is 39.6 Å². The van der Waals surface area contributed by atoms with Crippen LogP contribution in [0.15, 0.2) is 24.3 Å². The van der Waals surface area contributed by atoms with E-state index in [1.165, 1.54) is 49.9 Å². The molecule has 1 aromatic carbocycles. The Labute approximate surface area is 207 Å². The van der Waals surface area contributed by atoms with E-state index in [0.29, 0.717) is 11.3 Å². The van der Waals surface area contributed by atoms with E-state index in [1.807, 2.05) is 0 Å². The summed E-state index contributed by atoms with van der Waals surface area (Å²) in [5.74, 6) is -3.33. The van der Waals surface area contributed by atoms with Gasteiger partial charge in [0.2, 0.25) is 17.7 Å². The first-order valence-corrected chi connectivity index (χ1v) is 12.3. The Balaban J connectivity index is 2.97. The van der Waals surface area contributed by atoms with Gasteiger partial charge in [-0.05, 0) is 50.0 Å². The van der Waals surface area contributed by atoms with Crippen LogP contribution in [0.5, 0.6) is 5.75 Å². The van der Waals surface area contributed by atoms with Crippen molar-refractivity contribution in [3.05, 3.63) is 29.8 Å². The third kappa shape index (κ3) is 10.1. The molecular formula is C22H34N4O8S. The Morgan fingerprint density at radius 2 is 1.49 bits per heavy atom. The lowest BCUT2D eigenvalue weighted by molar-refractivity contribution is -0.142. The minimum atomic E-state index is -1.47. The summed E-state index contributed by atoms with van der Waals surface area (Å²) in [6, 6.07) is 0.574. The van der Waals surface area contributed by atoms with Crippen molar-refractivity contribution in [1.82, 2.24) is 16.0 Å². The maximum atomic E-state index is 12.9. The molecule has 1 rings (SSSR count). The fraction of sp³-hybridized carbons (Fsp3) is 0.545. The number of carbonyl (C=O) groups is 4. The quantitative estimate of drug-likeness (QED) is 0.141. The number of aliphatic hydroxyl groups excluding tert-OH is 2. The number of amides is 3. The molecular weight excluding hydrogens is 480 g/mol. The Bertz CT molecular complexity index is 866. The van der Waals surface area contributed by atoms with Crippen molar-refractivity contribution in [2.75, 3.05) is 12.0 Å². The molecule has 6 unspecified atom stereocenters. The fourth-order valence-corrected chi connectivity index (χ4v) is 3.45. The number of phenols is 1. The monoisotopic (exact) mass is 514 g/mol. The second-order valence-electron chi connectivity index (χ2n) is 8.11. The SMILES string of the molecule is CSCCC(NC(=O)C(NC(=O)C(N)C(C)O)C(C)O)C(=O)NC(Cc1ccc(O)cc1)C(=O)O. The number of phenolic OH excluding ortho intramolecular Hbond substituents is 1. The van der Waals surface area contributed by atoms with Crippen molar-refractivity contribution in [1.29, 1.82) is 0 Å². The molecule has 1 aromatic rings. The van der Waals surface area contributed by atoms with Crippen LogP contribution < -0.4 is 21.7 Å². The van der Waals surface area contributed by atoms with Crippen molar-refractivity contribution >= 4 is 35.5 Å². The molecule has 9 N–H and O–H groups in total. The molecule has 12 nitrogen and oxygen atoms in total. The number of hydrogen-bond acceptors (Lipinski definition) is 9. The summed E-state index contributed by atoms with van der Waals surface area (Å²) in [5.41, 5.74) is 6.13. The summed E-state index contributed by atoms with van der Waals surface area (Å²) >= 11 is 1.40. The van der Waals surface area contributed by atoms with E-state index < -0.39 is 60.1 Å². The van der Waals surface area contributed by atoms with E-state index in [1.54, 1.807) is 6.26 Å². The molecule has 0 saturated heterocycles. The van der Waals surface area contributed by atoms with Crippen LogP contribution in [0.1, 0.15) is 25.8 Å². The van der Waals surface area contributed by atoms with Gasteiger partial charge in [-0.15, -0.1) is 0 Å². The summed E-state index contributed by atoms with van der Waals surface area (Å²) in [6.45, 7) is 2.55. The van der Waals surface area contributed by atoms with Gasteiger partial charge >= 0.3 is 5.97 Å². The molecule has 0 aliphatic heterocycles. The van der Waals surface area contributed by atoms with E-state index in [2.05, 4.69) is 16.0 Å². The van der Waals surface area contributed by atoms with Gasteiger partial charge in [0.05, 0.1) is 12.2 Å². The van der Waals surface area contributed by atoms with Gasteiger partial charge in [-0.2, -0.15) is 11.8 Å². The third-order valence-electron chi connectivity index (χ3n) is 5.12. The zero-order chi connectivity index (χ0) is 26.7. The van der Waals surface area contributed by atoms with Gasteiger partial charge in [0, 0.05) is 6.42 Å². The lowest BCUT2D eigenvalue weighted by atomic mass is 10.0. The topological polar surface area (TPSA) is 211 Å². The predicted molar refractivity (Wildman–Crippen MR) is 130 cm³/mol. The number of thioether (sulfide) groups is 1. The highest BCUT2D eigenvalue weighted by molar-refractivity contribution is 7.98. The molecule has 0 aliphatic rings. The van der Waals surface area contributed by atoms with Gasteiger partial charge in [0.15, 0.2) is 0 Å². The molecule has 0 bridgehead atoms. The second kappa shape index (κ2) is 14.5. The lowest BCUT2D eigenvalue weighted by Gasteiger charge is -2.26. The lowest BCUT2D eigenvalue weighted by Crippen LogP contribution is -2.60. The van der Waals surface area contributed by atoms with Gasteiger partial charge in [0.1, 0.15) is 29.9 Å². The Hall–Kier alpha value is -2.87. The van der Waals surface area contributed by atoms with Gasteiger partial charge in [-0.25, -0.2) is 4.79 Å². The Morgan fingerprint density at radius 3 is 1.97 bits per heavy atom. The van der Waals surface area contributed by atoms with E-state index in [4.69, 9.17) is 5.73 Å². The van der Waals surface area contributed by atoms with Crippen LogP contribution in [0.25, 0.3) is 0 Å². The number of aliphatic hydroxyl groups is 2. The minimum absolute atomic E-state index is 0.0126. The molecule has 0 saturated carbocycles. The standard InChI is InChI=1S/C22H34N4O8S/c1-11(27)17(23)20(31)26-18(12(2)28)21(32)24-15(8-9-35-3)19(30)25-16(22(33)34)10-13-4-6-14(29)7-5-13/h4-7,11-12,15-18,27-29H,8-10,23H2,1-3H3,(H,24,32)(H,25,30)(H,26,31)(H,33,34). The number of carboxylic acids is 1. The molecule has 0 heterocycles. The predicted octanol–water partition coefficient (Wildman–Crippen LogP) is -1.68. The van der Waals surface area contributed by atoms with Crippen LogP contribution in [-0.4, -0.2) is 92.5 Å². The number of rotatable bonds is 14. The molecule has 0 radical (unpaired) electrons. The molecule has 0 aromatic heterocycles. The normalized spacial score (nSPS) is 16.2. The first-order chi connectivity index (χ1) is 16.4. The fourth-order valence-electron chi connectivity index (χ4n) is 2.98. The highest BCUT2D eigenvalue weighted by Crippen LogP contribution is 2.12. The van der Waals surface area contributed by atoms with Gasteiger partial charge in [-0.3, -0.25) is 14.4 Å². The smallest absolute Gasteiger partial charge is 0.326 e. The molecule has 196 valence electrons. The third-order valence-corrected chi connectivity index (χ3v) is 5.76. The Kier molecular flexibility index (Phi) is 12.5. The summed E-state index contributed by atoms with van der Waals surface area (Å²) in [5, 5.41) is 45.6. The molecule has 0 spiro atoms. The van der Waals surface area contributed by atoms with Gasteiger partial charge in [0.25, 0.3) is 0 Å². The van der Waals surface area contributed by atoms with E-state index in [-0.39, 0.29) is 18.6 Å². The first kappa shape index (κ1) is 30.2. The van der Waals surface area contributed by atoms with Crippen LogP contribution in [0.3, 0.4) is 0 Å². The van der Waals surface area contributed by atoms with Crippen LogP contribution >= 0.6 is 11.8 Å². The maximum absolute atomic E-state index is 12.9. The van der Waals surface area contributed by atoms with Crippen LogP contribution in [0.2, 0.25) is 0 Å². The molecule has 6 atom stereocenters. The highest BCUT2D eigenvalue weighted by Gasteiger charge is 2.33. The van der Waals surface area contributed by atoms with Crippen LogP contribution in [0.4, 0.5) is 0 Å². The van der Waals surface area contributed by atoms with Gasteiger partial charge in [-0.1, -0.05) is 12.1 Å². The van der Waals surface area contributed by atoms with Crippen LogP contribution in [-0.2, 0) is 25.6 Å². The number of carboxylic acid groups (broad SMARTS) is 1. The van der Waals surface area contributed by atoms with Crippen molar-refractivity contribution in [2.45, 2.75) is 63.1 Å². The summed E-state index contributed by atoms with van der Waals surface area (Å²) in [4.78, 5) is 49.6. The average molecular weight is 515 g/mol. The molecule has 35 heavy (non-hydrogen) atoms. The zero-order valence-electron chi connectivity index (χ0n) is 19.8. The highest BCUT2D eigenvalue weighted by atomic mass is 32.2. The summed E-state index contributed by atoms with van der Waals surface area (Å²) < 4.78 is 0. The number of nitrogens with two attached hydrogens (primary N) is 1. The van der Waals surface area contributed by atoms with Crippen molar-refractivity contribution < 1.29 is 39.6 Å². The van der Waals surface area contributed by atoms with Crippen molar-refractivity contribution in [2.24, 2.45) is 5.73 Å². The van der Waals surface area contributed by atoms with Gasteiger partial charge < -0.3 is 42.1 Å².